The van der Waals surface area contributed by atoms with Gasteiger partial charge in [-0.25, -0.2) is 8.78 Å². The minimum atomic E-state index is -0.630. The number of thiocarbonyl (C=S) groups is 1. The second kappa shape index (κ2) is 6.03. The molecule has 7 heteroatoms. The molecule has 0 aliphatic rings. The van der Waals surface area contributed by atoms with Crippen LogP contribution in [0.15, 0.2) is 34.8 Å². The lowest BCUT2D eigenvalue weighted by atomic mass is 10.2. The van der Waals surface area contributed by atoms with Crippen LogP contribution in [0.4, 0.5) is 20.2 Å². The zero-order valence-corrected chi connectivity index (χ0v) is 13.0. The Morgan fingerprint density at radius 3 is 2.55 bits per heavy atom. The molecule has 0 spiro atoms. The molecular formula is C13H8BrClF2N2S. The van der Waals surface area contributed by atoms with Gasteiger partial charge in [0.25, 0.3) is 0 Å². The summed E-state index contributed by atoms with van der Waals surface area (Å²) >= 11 is 13.8. The maximum atomic E-state index is 14.2. The van der Waals surface area contributed by atoms with E-state index in [9.17, 15) is 8.78 Å². The molecule has 2 nitrogen and oxygen atoms in total. The highest BCUT2D eigenvalue weighted by atomic mass is 79.9. The minimum Gasteiger partial charge on any atom is -0.389 e. The number of rotatable bonds is 3. The summed E-state index contributed by atoms with van der Waals surface area (Å²) in [6.45, 7) is 0. The van der Waals surface area contributed by atoms with Crippen LogP contribution in [0.1, 0.15) is 5.56 Å². The van der Waals surface area contributed by atoms with E-state index in [1.807, 2.05) is 0 Å². The molecule has 0 heterocycles. The Kier molecular flexibility index (Phi) is 4.57. The number of para-hydroxylation sites is 1. The van der Waals surface area contributed by atoms with Crippen molar-refractivity contribution in [1.29, 1.82) is 0 Å². The molecule has 2 aromatic rings. The molecule has 0 saturated carbocycles. The van der Waals surface area contributed by atoms with Gasteiger partial charge >= 0.3 is 0 Å². The van der Waals surface area contributed by atoms with Crippen LogP contribution in [0, 0.1) is 11.6 Å². The lowest BCUT2D eigenvalue weighted by Gasteiger charge is -2.12. The first kappa shape index (κ1) is 15.2. The molecule has 0 aliphatic heterocycles. The minimum absolute atomic E-state index is 0.00282. The molecule has 104 valence electrons. The van der Waals surface area contributed by atoms with Crippen LogP contribution in [0.5, 0.6) is 0 Å². The maximum absolute atomic E-state index is 14.2. The normalized spacial score (nSPS) is 10.4. The van der Waals surface area contributed by atoms with Gasteiger partial charge in [-0.3, -0.25) is 0 Å². The van der Waals surface area contributed by atoms with E-state index in [2.05, 4.69) is 21.2 Å². The van der Waals surface area contributed by atoms with E-state index in [1.54, 1.807) is 0 Å². The van der Waals surface area contributed by atoms with Crippen LogP contribution < -0.4 is 11.1 Å². The summed E-state index contributed by atoms with van der Waals surface area (Å²) in [5.74, 6) is -1.21. The molecule has 0 fully saturated rings. The molecule has 2 aromatic carbocycles. The fraction of sp³-hybridized carbons (Fsp3) is 0. The second-order valence-electron chi connectivity index (χ2n) is 3.87. The average molecular weight is 378 g/mol. The van der Waals surface area contributed by atoms with Crippen LogP contribution in [-0.2, 0) is 0 Å². The summed E-state index contributed by atoms with van der Waals surface area (Å²) in [4.78, 5) is 0.0613. The summed E-state index contributed by atoms with van der Waals surface area (Å²) in [5.41, 5.74) is 5.89. The van der Waals surface area contributed by atoms with Gasteiger partial charge in [-0.05, 0) is 40.2 Å². The lowest BCUT2D eigenvalue weighted by Crippen LogP contribution is -2.11. The van der Waals surface area contributed by atoms with Gasteiger partial charge in [0.05, 0.1) is 20.9 Å². The van der Waals surface area contributed by atoms with Crippen LogP contribution in [0.2, 0.25) is 5.02 Å². The van der Waals surface area contributed by atoms with Gasteiger partial charge in [0.1, 0.15) is 10.8 Å². The van der Waals surface area contributed by atoms with Crippen LogP contribution in [0.25, 0.3) is 0 Å². The summed E-state index contributed by atoms with van der Waals surface area (Å²) < 4.78 is 27.9. The van der Waals surface area contributed by atoms with E-state index in [4.69, 9.17) is 29.6 Å². The Hall–Kier alpha value is -1.24. The quantitative estimate of drug-likeness (QED) is 0.758. The monoisotopic (exact) mass is 376 g/mol. The highest BCUT2D eigenvalue weighted by Gasteiger charge is 2.15. The summed E-state index contributed by atoms with van der Waals surface area (Å²) in [5, 5.41) is 2.77. The zero-order valence-electron chi connectivity index (χ0n) is 9.88. The molecule has 0 aromatic heterocycles. The molecule has 3 N–H and O–H groups in total. The van der Waals surface area contributed by atoms with Gasteiger partial charge in [-0.1, -0.05) is 29.9 Å². The van der Waals surface area contributed by atoms with E-state index in [1.165, 1.54) is 30.3 Å². The largest absolute Gasteiger partial charge is 0.389 e. The number of hydrogen-bond donors (Lipinski definition) is 2. The summed E-state index contributed by atoms with van der Waals surface area (Å²) in [6.07, 6.45) is 0. The van der Waals surface area contributed by atoms with Gasteiger partial charge in [0.2, 0.25) is 0 Å². The summed E-state index contributed by atoms with van der Waals surface area (Å²) in [7, 11) is 0. The van der Waals surface area contributed by atoms with E-state index >= 15 is 0 Å². The number of benzene rings is 2. The van der Waals surface area contributed by atoms with Crippen molar-refractivity contribution in [2.45, 2.75) is 0 Å². The van der Waals surface area contributed by atoms with Crippen molar-refractivity contribution in [3.05, 3.63) is 57.0 Å². The molecule has 0 radical (unpaired) electrons. The van der Waals surface area contributed by atoms with Crippen LogP contribution in [-0.4, -0.2) is 4.99 Å². The van der Waals surface area contributed by atoms with E-state index in [0.717, 1.165) is 0 Å². The van der Waals surface area contributed by atoms with E-state index < -0.39 is 11.6 Å². The Bertz CT molecular complexity index is 674. The Morgan fingerprint density at radius 2 is 1.95 bits per heavy atom. The molecular weight excluding hydrogens is 370 g/mol. The van der Waals surface area contributed by atoms with Crippen LogP contribution in [0.3, 0.4) is 0 Å². The van der Waals surface area contributed by atoms with Crippen molar-refractivity contribution in [3.8, 4) is 0 Å². The van der Waals surface area contributed by atoms with Crippen molar-refractivity contribution in [2.24, 2.45) is 5.73 Å². The zero-order chi connectivity index (χ0) is 14.9. The van der Waals surface area contributed by atoms with Crippen molar-refractivity contribution < 1.29 is 8.78 Å². The standard InChI is InChI=1S/C13H8BrClF2N2S/c14-10-6(13(18)20)4-5-9(11(10)17)19-12-7(15)2-1-3-8(12)16/h1-5,19H,(H2,18,20). The predicted octanol–water partition coefficient (Wildman–Crippen LogP) is 4.76. The van der Waals surface area contributed by atoms with Crippen molar-refractivity contribution in [1.82, 2.24) is 0 Å². The average Bonchev–Trinajstić information content (AvgIpc) is 2.38. The van der Waals surface area contributed by atoms with Gasteiger partial charge in [0.15, 0.2) is 5.82 Å². The molecule has 0 atom stereocenters. The van der Waals surface area contributed by atoms with Gasteiger partial charge in [-0.2, -0.15) is 0 Å². The van der Waals surface area contributed by atoms with Gasteiger partial charge < -0.3 is 11.1 Å². The fourth-order valence-corrected chi connectivity index (χ4v) is 2.66. The highest BCUT2D eigenvalue weighted by molar-refractivity contribution is 9.10. The smallest absolute Gasteiger partial charge is 0.161 e. The molecule has 0 amide bonds. The fourth-order valence-electron chi connectivity index (χ4n) is 1.59. The highest BCUT2D eigenvalue weighted by Crippen LogP contribution is 2.32. The number of anilines is 2. The molecule has 20 heavy (non-hydrogen) atoms. The summed E-state index contributed by atoms with van der Waals surface area (Å²) in [6, 6.07) is 7.14. The molecule has 0 saturated heterocycles. The third kappa shape index (κ3) is 2.92. The first-order valence-corrected chi connectivity index (χ1v) is 6.98. The lowest BCUT2D eigenvalue weighted by molar-refractivity contribution is 0.621. The predicted molar refractivity (Wildman–Crippen MR) is 84.7 cm³/mol. The Labute approximate surface area is 133 Å². The second-order valence-corrected chi connectivity index (χ2v) is 5.51. The molecule has 0 unspecified atom stereocenters. The SMILES string of the molecule is NC(=S)c1ccc(Nc2c(F)cccc2Cl)c(F)c1Br. The van der Waals surface area contributed by atoms with Gasteiger partial charge in [-0.15, -0.1) is 0 Å². The van der Waals surface area contributed by atoms with Crippen molar-refractivity contribution in [3.63, 3.8) is 0 Å². The number of hydrogen-bond acceptors (Lipinski definition) is 2. The number of nitrogens with one attached hydrogen (secondary N) is 1. The Morgan fingerprint density at radius 1 is 1.25 bits per heavy atom. The van der Waals surface area contributed by atoms with Gasteiger partial charge in [0, 0.05) is 5.56 Å². The van der Waals surface area contributed by atoms with E-state index in [-0.39, 0.29) is 25.9 Å². The third-order valence-electron chi connectivity index (χ3n) is 2.57. The third-order valence-corrected chi connectivity index (χ3v) is 3.88. The van der Waals surface area contributed by atoms with Crippen molar-refractivity contribution >= 4 is 56.1 Å². The number of nitrogens with two attached hydrogens (primary N) is 1. The molecule has 0 aliphatic carbocycles. The topological polar surface area (TPSA) is 38.0 Å². The molecule has 2 rings (SSSR count). The Balaban J connectivity index is 2.45. The first-order valence-electron chi connectivity index (χ1n) is 5.40. The number of halogens is 4. The van der Waals surface area contributed by atoms with Crippen molar-refractivity contribution in [2.75, 3.05) is 5.32 Å². The van der Waals surface area contributed by atoms with E-state index in [0.29, 0.717) is 5.56 Å². The first-order chi connectivity index (χ1) is 9.41. The molecule has 0 bridgehead atoms. The van der Waals surface area contributed by atoms with Crippen LogP contribution >= 0.6 is 39.7 Å². The maximum Gasteiger partial charge on any atom is 0.161 e.